The lowest BCUT2D eigenvalue weighted by Gasteiger charge is -2.10. The third-order valence-corrected chi connectivity index (χ3v) is 3.47. The van der Waals surface area contributed by atoms with Gasteiger partial charge in [0.1, 0.15) is 17.5 Å². The molecule has 0 bridgehead atoms. The van der Waals surface area contributed by atoms with E-state index < -0.39 is 11.6 Å². The van der Waals surface area contributed by atoms with Crippen LogP contribution in [0.4, 0.5) is 18.9 Å². The first-order valence-electron chi connectivity index (χ1n) is 5.61. The minimum Gasteiger partial charge on any atom is -0.378 e. The molecule has 0 aromatic heterocycles. The summed E-state index contributed by atoms with van der Waals surface area (Å²) in [6, 6.07) is 6.46. The Labute approximate surface area is 117 Å². The van der Waals surface area contributed by atoms with Gasteiger partial charge < -0.3 is 5.32 Å². The number of anilines is 1. The van der Waals surface area contributed by atoms with Crippen molar-refractivity contribution in [3.8, 4) is 0 Å². The van der Waals surface area contributed by atoms with Gasteiger partial charge in [0.2, 0.25) is 0 Å². The first-order chi connectivity index (χ1) is 8.97. The number of aryl methyl sites for hydroxylation is 1. The average Bonchev–Trinajstić information content (AvgIpc) is 2.34. The van der Waals surface area contributed by atoms with Gasteiger partial charge in [-0.2, -0.15) is 0 Å². The van der Waals surface area contributed by atoms with Crippen LogP contribution in [0, 0.1) is 24.4 Å². The quantitative estimate of drug-likeness (QED) is 0.853. The lowest BCUT2D eigenvalue weighted by molar-refractivity contribution is 0.594. The average molecular weight is 330 g/mol. The van der Waals surface area contributed by atoms with Crippen molar-refractivity contribution < 1.29 is 13.2 Å². The van der Waals surface area contributed by atoms with Crippen molar-refractivity contribution in [1.82, 2.24) is 0 Å². The highest BCUT2D eigenvalue weighted by Crippen LogP contribution is 2.22. The Kier molecular flexibility index (Phi) is 4.14. The maximum Gasteiger partial charge on any atom is 0.146 e. The van der Waals surface area contributed by atoms with E-state index in [2.05, 4.69) is 21.2 Å². The van der Waals surface area contributed by atoms with Crippen LogP contribution < -0.4 is 5.32 Å². The van der Waals surface area contributed by atoms with Crippen LogP contribution in [-0.2, 0) is 6.54 Å². The van der Waals surface area contributed by atoms with Crippen LogP contribution in [0.3, 0.4) is 0 Å². The van der Waals surface area contributed by atoms with E-state index in [4.69, 9.17) is 0 Å². The van der Waals surface area contributed by atoms with Gasteiger partial charge in [-0.05, 0) is 36.2 Å². The molecule has 0 aliphatic heterocycles. The van der Waals surface area contributed by atoms with E-state index in [-0.39, 0.29) is 23.6 Å². The smallest absolute Gasteiger partial charge is 0.146 e. The number of benzene rings is 2. The number of rotatable bonds is 3. The van der Waals surface area contributed by atoms with E-state index in [1.54, 1.807) is 6.07 Å². The summed E-state index contributed by atoms with van der Waals surface area (Å²) in [4.78, 5) is 0. The molecule has 0 aliphatic carbocycles. The summed E-state index contributed by atoms with van der Waals surface area (Å²) < 4.78 is 40.4. The molecule has 2 aromatic rings. The van der Waals surface area contributed by atoms with E-state index in [0.717, 1.165) is 17.7 Å². The first kappa shape index (κ1) is 13.9. The second-order valence-corrected chi connectivity index (χ2v) is 5.02. The first-order valence-corrected chi connectivity index (χ1v) is 6.40. The Bertz CT molecular complexity index is 614. The summed E-state index contributed by atoms with van der Waals surface area (Å²) in [6.07, 6.45) is 0. The van der Waals surface area contributed by atoms with Crippen LogP contribution in [0.25, 0.3) is 0 Å². The standard InChI is InChI=1S/C14H11BrF3N/c1-8-4-13(18)14(6-12(8)17)19-7-9-2-3-10(16)5-11(9)15/h2-6,19H,7H2,1H3. The fraction of sp³-hybridized carbons (Fsp3) is 0.143. The SMILES string of the molecule is Cc1cc(F)c(NCc2ccc(F)cc2Br)cc1F. The summed E-state index contributed by atoms with van der Waals surface area (Å²) in [6.45, 7) is 1.76. The molecule has 19 heavy (non-hydrogen) atoms. The summed E-state index contributed by atoms with van der Waals surface area (Å²) in [5.74, 6) is -1.35. The monoisotopic (exact) mass is 329 g/mol. The molecule has 0 saturated carbocycles. The van der Waals surface area contributed by atoms with Gasteiger partial charge in [-0.15, -0.1) is 0 Å². The van der Waals surface area contributed by atoms with Crippen molar-refractivity contribution in [2.45, 2.75) is 13.5 Å². The van der Waals surface area contributed by atoms with Crippen LogP contribution >= 0.6 is 15.9 Å². The largest absolute Gasteiger partial charge is 0.378 e. The summed E-state index contributed by atoms with van der Waals surface area (Å²) in [5.41, 5.74) is 1.09. The Morgan fingerprint density at radius 1 is 1.05 bits per heavy atom. The fourth-order valence-electron chi connectivity index (χ4n) is 1.64. The van der Waals surface area contributed by atoms with Gasteiger partial charge in [-0.25, -0.2) is 13.2 Å². The van der Waals surface area contributed by atoms with Crippen LogP contribution in [0.15, 0.2) is 34.8 Å². The van der Waals surface area contributed by atoms with Crippen molar-refractivity contribution in [2.75, 3.05) is 5.32 Å². The van der Waals surface area contributed by atoms with Crippen molar-refractivity contribution in [1.29, 1.82) is 0 Å². The van der Waals surface area contributed by atoms with Gasteiger partial charge in [0.05, 0.1) is 5.69 Å². The predicted molar refractivity (Wildman–Crippen MR) is 72.5 cm³/mol. The third-order valence-electron chi connectivity index (χ3n) is 2.73. The predicted octanol–water partition coefficient (Wildman–Crippen LogP) is 4.79. The number of halogens is 4. The molecular formula is C14H11BrF3N. The highest BCUT2D eigenvalue weighted by molar-refractivity contribution is 9.10. The summed E-state index contributed by atoms with van der Waals surface area (Å²) >= 11 is 3.22. The molecule has 0 unspecified atom stereocenters. The topological polar surface area (TPSA) is 12.0 Å². The molecule has 2 aromatic carbocycles. The summed E-state index contributed by atoms with van der Waals surface area (Å²) in [5, 5.41) is 2.79. The van der Waals surface area contributed by atoms with Crippen LogP contribution in [0.5, 0.6) is 0 Å². The molecule has 0 saturated heterocycles. The lowest BCUT2D eigenvalue weighted by atomic mass is 10.2. The third kappa shape index (κ3) is 3.29. The van der Waals surface area contributed by atoms with Crippen molar-refractivity contribution in [3.05, 3.63) is 63.4 Å². The Morgan fingerprint density at radius 3 is 2.47 bits per heavy atom. The summed E-state index contributed by atoms with van der Waals surface area (Å²) in [7, 11) is 0. The molecule has 0 atom stereocenters. The number of nitrogens with one attached hydrogen (secondary N) is 1. The van der Waals surface area contributed by atoms with Crippen LogP contribution in [0.1, 0.15) is 11.1 Å². The molecule has 0 radical (unpaired) electrons. The van der Waals surface area contributed by atoms with Gasteiger partial charge >= 0.3 is 0 Å². The zero-order valence-corrected chi connectivity index (χ0v) is 11.7. The molecule has 100 valence electrons. The highest BCUT2D eigenvalue weighted by atomic mass is 79.9. The fourth-order valence-corrected chi connectivity index (χ4v) is 2.13. The maximum absolute atomic E-state index is 13.6. The molecule has 1 N–H and O–H groups in total. The zero-order valence-electron chi connectivity index (χ0n) is 10.1. The second-order valence-electron chi connectivity index (χ2n) is 4.17. The van der Waals surface area contributed by atoms with Gasteiger partial charge in [0, 0.05) is 17.1 Å². The molecule has 1 nitrogen and oxygen atoms in total. The Morgan fingerprint density at radius 2 is 1.79 bits per heavy atom. The minimum absolute atomic E-state index is 0.0827. The molecular weight excluding hydrogens is 319 g/mol. The van der Waals surface area contributed by atoms with E-state index in [1.807, 2.05) is 0 Å². The van der Waals surface area contributed by atoms with Gasteiger partial charge in [0.15, 0.2) is 0 Å². The van der Waals surface area contributed by atoms with Crippen LogP contribution in [0.2, 0.25) is 0 Å². The maximum atomic E-state index is 13.6. The molecule has 0 heterocycles. The van der Waals surface area contributed by atoms with E-state index in [0.29, 0.717) is 4.47 Å². The number of hydrogen-bond donors (Lipinski definition) is 1. The minimum atomic E-state index is -0.517. The lowest BCUT2D eigenvalue weighted by Crippen LogP contribution is -2.03. The van der Waals surface area contributed by atoms with Crippen molar-refractivity contribution in [3.63, 3.8) is 0 Å². The van der Waals surface area contributed by atoms with Gasteiger partial charge in [-0.3, -0.25) is 0 Å². The van der Waals surface area contributed by atoms with Crippen LogP contribution in [-0.4, -0.2) is 0 Å². The number of hydrogen-bond acceptors (Lipinski definition) is 1. The highest BCUT2D eigenvalue weighted by Gasteiger charge is 2.08. The molecule has 0 fully saturated rings. The van der Waals surface area contributed by atoms with E-state index >= 15 is 0 Å². The van der Waals surface area contributed by atoms with Gasteiger partial charge in [0.25, 0.3) is 0 Å². The van der Waals surface area contributed by atoms with Gasteiger partial charge in [-0.1, -0.05) is 22.0 Å². The molecule has 0 amide bonds. The molecule has 0 aliphatic rings. The van der Waals surface area contributed by atoms with E-state index in [1.165, 1.54) is 19.1 Å². The Hall–Kier alpha value is -1.49. The normalized spacial score (nSPS) is 10.6. The van der Waals surface area contributed by atoms with Crippen molar-refractivity contribution >= 4 is 21.6 Å². The second kappa shape index (κ2) is 5.65. The zero-order chi connectivity index (χ0) is 14.0. The van der Waals surface area contributed by atoms with E-state index in [9.17, 15) is 13.2 Å². The molecule has 2 rings (SSSR count). The molecule has 5 heteroatoms. The molecule has 0 spiro atoms. The van der Waals surface area contributed by atoms with Crippen molar-refractivity contribution in [2.24, 2.45) is 0 Å². The Balaban J connectivity index is 2.16.